The summed E-state index contributed by atoms with van der Waals surface area (Å²) in [5.74, 6) is 1.44. The zero-order valence-electron chi connectivity index (χ0n) is 16.6. The van der Waals surface area contributed by atoms with Gasteiger partial charge in [-0.2, -0.15) is 9.97 Å². The fourth-order valence-electron chi connectivity index (χ4n) is 3.27. The van der Waals surface area contributed by atoms with E-state index in [0.717, 1.165) is 38.0 Å². The molecule has 0 amide bonds. The SMILES string of the molecule is CCOc1cc(CN2CCC(Nc3nc(OC)cc(OC)n3)CC2)ccc1F. The second kappa shape index (κ2) is 9.54. The molecule has 8 heteroatoms. The highest BCUT2D eigenvalue weighted by atomic mass is 19.1. The lowest BCUT2D eigenvalue weighted by molar-refractivity contribution is 0.210. The number of ether oxygens (including phenoxy) is 3. The van der Waals surface area contributed by atoms with Crippen LogP contribution in [0.3, 0.4) is 0 Å². The predicted molar refractivity (Wildman–Crippen MR) is 105 cm³/mol. The molecule has 1 fully saturated rings. The summed E-state index contributed by atoms with van der Waals surface area (Å²) in [4.78, 5) is 11.0. The van der Waals surface area contributed by atoms with Crippen molar-refractivity contribution < 1.29 is 18.6 Å². The van der Waals surface area contributed by atoms with Crippen LogP contribution in [-0.2, 0) is 6.54 Å². The zero-order valence-corrected chi connectivity index (χ0v) is 16.6. The number of nitrogens with one attached hydrogen (secondary N) is 1. The first-order valence-electron chi connectivity index (χ1n) is 9.48. The van der Waals surface area contributed by atoms with E-state index in [9.17, 15) is 4.39 Å². The Hall–Kier alpha value is -2.61. The van der Waals surface area contributed by atoms with Crippen LogP contribution in [-0.4, -0.2) is 54.8 Å². The van der Waals surface area contributed by atoms with Gasteiger partial charge in [0.1, 0.15) is 0 Å². The number of halogens is 1. The molecule has 0 bridgehead atoms. The fourth-order valence-corrected chi connectivity index (χ4v) is 3.27. The van der Waals surface area contributed by atoms with E-state index in [1.165, 1.54) is 6.07 Å². The van der Waals surface area contributed by atoms with E-state index < -0.39 is 0 Å². The third-order valence-corrected chi connectivity index (χ3v) is 4.72. The molecule has 1 N–H and O–H groups in total. The van der Waals surface area contributed by atoms with Crippen LogP contribution in [0.2, 0.25) is 0 Å². The minimum atomic E-state index is -0.317. The minimum Gasteiger partial charge on any atom is -0.491 e. The maximum atomic E-state index is 13.7. The molecule has 0 aliphatic carbocycles. The van der Waals surface area contributed by atoms with Crippen LogP contribution >= 0.6 is 0 Å². The third kappa shape index (κ3) is 5.22. The summed E-state index contributed by atoms with van der Waals surface area (Å²) in [6.07, 6.45) is 1.92. The lowest BCUT2D eigenvalue weighted by Gasteiger charge is -2.32. The molecular formula is C20H27FN4O3. The van der Waals surface area contributed by atoms with Crippen LogP contribution < -0.4 is 19.5 Å². The minimum absolute atomic E-state index is 0.278. The Kier molecular flexibility index (Phi) is 6.86. The maximum absolute atomic E-state index is 13.7. The molecule has 2 heterocycles. The average Bonchev–Trinajstić information content (AvgIpc) is 2.72. The number of rotatable bonds is 8. The molecular weight excluding hydrogens is 363 g/mol. The molecule has 1 aliphatic rings. The first-order chi connectivity index (χ1) is 13.6. The Morgan fingerprint density at radius 1 is 1.11 bits per heavy atom. The Balaban J connectivity index is 1.54. The smallest absolute Gasteiger partial charge is 0.229 e. The molecule has 3 rings (SSSR count). The van der Waals surface area contributed by atoms with Crippen molar-refractivity contribution in [2.24, 2.45) is 0 Å². The van der Waals surface area contributed by atoms with Crippen molar-refractivity contribution in [3.05, 3.63) is 35.6 Å². The Labute approximate surface area is 164 Å². The van der Waals surface area contributed by atoms with Gasteiger partial charge in [-0.15, -0.1) is 0 Å². The van der Waals surface area contributed by atoms with E-state index in [0.29, 0.717) is 30.1 Å². The summed E-state index contributed by atoms with van der Waals surface area (Å²) < 4.78 is 29.5. The van der Waals surface area contributed by atoms with Gasteiger partial charge in [0.2, 0.25) is 17.7 Å². The summed E-state index contributed by atoms with van der Waals surface area (Å²) in [6.45, 7) is 4.94. The molecule has 0 saturated carbocycles. The number of benzene rings is 1. The molecule has 1 aromatic heterocycles. The van der Waals surface area contributed by atoms with E-state index in [-0.39, 0.29) is 11.9 Å². The van der Waals surface area contributed by atoms with Crippen LogP contribution in [0.5, 0.6) is 17.5 Å². The van der Waals surface area contributed by atoms with Crippen molar-refractivity contribution in [3.8, 4) is 17.5 Å². The van der Waals surface area contributed by atoms with Crippen LogP contribution in [0, 0.1) is 5.82 Å². The van der Waals surface area contributed by atoms with Crippen molar-refractivity contribution in [2.45, 2.75) is 32.4 Å². The lowest BCUT2D eigenvalue weighted by Crippen LogP contribution is -2.39. The number of hydrogen-bond acceptors (Lipinski definition) is 7. The van der Waals surface area contributed by atoms with Gasteiger partial charge in [0, 0.05) is 25.7 Å². The van der Waals surface area contributed by atoms with E-state index >= 15 is 0 Å². The monoisotopic (exact) mass is 390 g/mol. The van der Waals surface area contributed by atoms with Gasteiger partial charge in [0.25, 0.3) is 0 Å². The highest BCUT2D eigenvalue weighted by Crippen LogP contribution is 2.23. The standard InChI is InChI=1S/C20H27FN4O3/c1-4-28-17-11-14(5-6-16(17)21)13-25-9-7-15(8-10-25)22-20-23-18(26-2)12-19(24-20)27-3/h5-6,11-12,15H,4,7-10,13H2,1-3H3,(H,22,23,24). The van der Waals surface area contributed by atoms with Gasteiger partial charge in [-0.05, 0) is 37.5 Å². The summed E-state index contributed by atoms with van der Waals surface area (Å²) >= 11 is 0. The summed E-state index contributed by atoms with van der Waals surface area (Å²) in [5.41, 5.74) is 1.05. The number of hydrogen-bond donors (Lipinski definition) is 1. The lowest BCUT2D eigenvalue weighted by atomic mass is 10.0. The summed E-state index contributed by atoms with van der Waals surface area (Å²) in [6, 6.07) is 7.01. The van der Waals surface area contributed by atoms with Crippen LogP contribution in [0.1, 0.15) is 25.3 Å². The quantitative estimate of drug-likeness (QED) is 0.743. The molecule has 28 heavy (non-hydrogen) atoms. The predicted octanol–water partition coefficient (Wildman–Crippen LogP) is 3.11. The van der Waals surface area contributed by atoms with Gasteiger partial charge in [-0.1, -0.05) is 6.07 Å². The highest BCUT2D eigenvalue weighted by Gasteiger charge is 2.21. The molecule has 7 nitrogen and oxygen atoms in total. The molecule has 0 unspecified atom stereocenters. The van der Waals surface area contributed by atoms with Gasteiger partial charge < -0.3 is 19.5 Å². The van der Waals surface area contributed by atoms with E-state index in [2.05, 4.69) is 20.2 Å². The average molecular weight is 390 g/mol. The van der Waals surface area contributed by atoms with Gasteiger partial charge in [0.05, 0.1) is 26.9 Å². The number of piperidine rings is 1. The molecule has 1 aromatic carbocycles. The number of methoxy groups -OCH3 is 2. The summed E-state index contributed by atoms with van der Waals surface area (Å²) in [5, 5.41) is 3.37. The zero-order chi connectivity index (χ0) is 19.9. The van der Waals surface area contributed by atoms with Crippen molar-refractivity contribution in [3.63, 3.8) is 0 Å². The maximum Gasteiger partial charge on any atom is 0.229 e. The highest BCUT2D eigenvalue weighted by molar-refractivity contribution is 5.35. The van der Waals surface area contributed by atoms with Crippen molar-refractivity contribution in [2.75, 3.05) is 39.2 Å². The van der Waals surface area contributed by atoms with Crippen LogP contribution in [0.4, 0.5) is 10.3 Å². The third-order valence-electron chi connectivity index (χ3n) is 4.72. The van der Waals surface area contributed by atoms with Gasteiger partial charge in [-0.25, -0.2) is 4.39 Å². The van der Waals surface area contributed by atoms with E-state index in [4.69, 9.17) is 14.2 Å². The number of aromatic nitrogens is 2. The first-order valence-corrected chi connectivity index (χ1v) is 9.48. The van der Waals surface area contributed by atoms with Crippen LogP contribution in [0.15, 0.2) is 24.3 Å². The molecule has 0 atom stereocenters. The summed E-state index contributed by atoms with van der Waals surface area (Å²) in [7, 11) is 3.13. The molecule has 2 aromatic rings. The Morgan fingerprint density at radius 3 is 2.39 bits per heavy atom. The number of nitrogens with zero attached hydrogens (tertiary/aromatic N) is 3. The Morgan fingerprint density at radius 2 is 1.79 bits per heavy atom. The molecule has 1 aliphatic heterocycles. The number of likely N-dealkylation sites (tertiary alicyclic amines) is 1. The second-order valence-corrected chi connectivity index (χ2v) is 6.67. The second-order valence-electron chi connectivity index (χ2n) is 6.67. The fraction of sp³-hybridized carbons (Fsp3) is 0.500. The normalized spacial score (nSPS) is 15.3. The molecule has 1 saturated heterocycles. The molecule has 0 spiro atoms. The molecule has 0 radical (unpaired) electrons. The van der Waals surface area contributed by atoms with Gasteiger partial charge in [-0.3, -0.25) is 4.90 Å². The topological polar surface area (TPSA) is 68.7 Å². The van der Waals surface area contributed by atoms with E-state index in [1.807, 2.05) is 13.0 Å². The van der Waals surface area contributed by atoms with Crippen molar-refractivity contribution in [1.29, 1.82) is 0 Å². The van der Waals surface area contributed by atoms with E-state index in [1.54, 1.807) is 26.4 Å². The largest absolute Gasteiger partial charge is 0.491 e. The van der Waals surface area contributed by atoms with Gasteiger partial charge >= 0.3 is 0 Å². The van der Waals surface area contributed by atoms with Crippen molar-refractivity contribution >= 4 is 5.95 Å². The number of anilines is 1. The van der Waals surface area contributed by atoms with Gasteiger partial charge in [0.15, 0.2) is 11.6 Å². The van der Waals surface area contributed by atoms with Crippen molar-refractivity contribution in [1.82, 2.24) is 14.9 Å². The Bertz CT molecular complexity index is 760. The van der Waals surface area contributed by atoms with Crippen LogP contribution in [0.25, 0.3) is 0 Å². The molecule has 152 valence electrons. The first kappa shape index (κ1) is 20.1.